The number of benzene rings is 4. The van der Waals surface area contributed by atoms with Gasteiger partial charge in [0.25, 0.3) is 0 Å². The lowest BCUT2D eigenvalue weighted by molar-refractivity contribution is -0.147. The first-order valence-corrected chi connectivity index (χ1v) is 22.2. The Labute approximate surface area is 380 Å². The van der Waals surface area contributed by atoms with Crippen molar-refractivity contribution in [3.8, 4) is 11.5 Å². The number of aromatic hydroxyl groups is 1. The van der Waals surface area contributed by atoms with Gasteiger partial charge in [-0.3, -0.25) is 14.4 Å². The lowest BCUT2D eigenvalue weighted by Crippen LogP contribution is -2.36. The number of phenols is 1. The molecule has 0 unspecified atom stereocenters. The van der Waals surface area contributed by atoms with Gasteiger partial charge in [0.1, 0.15) is 24.6 Å². The number of carbonyl (C=O) groups is 3. The number of carbonyl (C=O) groups excluding carboxylic acids is 3. The number of fused-ring (bicyclic) bond motifs is 2. The third-order valence-corrected chi connectivity index (χ3v) is 11.0. The standard InChI is InChI=1S/C49H64N4O9.C2H6/c1-11-61-45-29-41(49-39-16-14-37(50(5)6)26-35(39)25-36-27-38(51(7)8)15-17-40(36)49)34(13-19-46(55)62-32(2)3)28-43(45)53(31-48(57)59-10)21-23-60-22-20-52(30-47(56)58-9)42-18-12-33(4)24-44(42)54;1-2/h12,14-18,24,26-29,32,49,54H,11,13,19-23,25,30-31H2,1-10H3;1-2H3. The van der Waals surface area contributed by atoms with Gasteiger partial charge < -0.3 is 48.4 Å². The van der Waals surface area contributed by atoms with Gasteiger partial charge in [-0.15, -0.1) is 0 Å². The van der Waals surface area contributed by atoms with Crippen molar-refractivity contribution in [3.63, 3.8) is 0 Å². The van der Waals surface area contributed by atoms with E-state index in [2.05, 4.69) is 52.3 Å². The third-order valence-electron chi connectivity index (χ3n) is 11.0. The zero-order valence-electron chi connectivity index (χ0n) is 40.1. The molecule has 0 spiro atoms. The van der Waals surface area contributed by atoms with Crippen LogP contribution in [0.1, 0.15) is 85.9 Å². The summed E-state index contributed by atoms with van der Waals surface area (Å²) < 4.78 is 28.3. The first-order valence-electron chi connectivity index (χ1n) is 22.2. The number of hydrogen-bond donors (Lipinski definition) is 1. The molecule has 0 aromatic heterocycles. The smallest absolute Gasteiger partial charge is 0.325 e. The van der Waals surface area contributed by atoms with Crippen LogP contribution in [0.2, 0.25) is 0 Å². The predicted molar refractivity (Wildman–Crippen MR) is 256 cm³/mol. The maximum Gasteiger partial charge on any atom is 0.325 e. The van der Waals surface area contributed by atoms with E-state index in [0.717, 1.165) is 34.5 Å². The highest BCUT2D eigenvalue weighted by Gasteiger charge is 2.32. The van der Waals surface area contributed by atoms with Gasteiger partial charge >= 0.3 is 17.9 Å². The topological polar surface area (TPSA) is 131 Å². The fourth-order valence-electron chi connectivity index (χ4n) is 7.87. The zero-order valence-corrected chi connectivity index (χ0v) is 40.1. The van der Waals surface area contributed by atoms with Gasteiger partial charge in [0, 0.05) is 65.0 Å². The molecule has 0 aliphatic heterocycles. The molecule has 0 amide bonds. The Bertz CT molecular complexity index is 2130. The summed E-state index contributed by atoms with van der Waals surface area (Å²) in [5.74, 6) is -0.731. The van der Waals surface area contributed by atoms with E-state index in [-0.39, 0.29) is 69.6 Å². The van der Waals surface area contributed by atoms with Crippen LogP contribution in [0.3, 0.4) is 0 Å². The molecular formula is C51H70N4O9. The van der Waals surface area contributed by atoms with Crippen LogP contribution in [0, 0.1) is 6.92 Å². The number of esters is 3. The van der Waals surface area contributed by atoms with E-state index in [1.54, 1.807) is 17.0 Å². The van der Waals surface area contributed by atoms with Gasteiger partial charge in [0.15, 0.2) is 0 Å². The largest absolute Gasteiger partial charge is 0.506 e. The van der Waals surface area contributed by atoms with Crippen molar-refractivity contribution >= 4 is 40.7 Å². The van der Waals surface area contributed by atoms with Crippen molar-refractivity contribution in [3.05, 3.63) is 106 Å². The van der Waals surface area contributed by atoms with Crippen molar-refractivity contribution in [2.75, 3.05) is 108 Å². The van der Waals surface area contributed by atoms with Crippen molar-refractivity contribution in [1.29, 1.82) is 0 Å². The van der Waals surface area contributed by atoms with E-state index in [1.807, 2.05) is 86.8 Å². The minimum atomic E-state index is -0.453. The zero-order chi connectivity index (χ0) is 47.1. The molecule has 1 aliphatic rings. The highest BCUT2D eigenvalue weighted by atomic mass is 16.5. The molecule has 0 heterocycles. The van der Waals surface area contributed by atoms with E-state index in [9.17, 15) is 19.5 Å². The molecule has 13 heteroatoms. The van der Waals surface area contributed by atoms with E-state index < -0.39 is 11.9 Å². The molecule has 0 bridgehead atoms. The van der Waals surface area contributed by atoms with Crippen LogP contribution in [-0.4, -0.2) is 118 Å². The van der Waals surface area contributed by atoms with Gasteiger partial charge in [-0.1, -0.05) is 32.0 Å². The monoisotopic (exact) mass is 883 g/mol. The summed E-state index contributed by atoms with van der Waals surface area (Å²) in [4.78, 5) is 46.3. The van der Waals surface area contributed by atoms with Crippen LogP contribution in [0.15, 0.2) is 66.7 Å². The van der Waals surface area contributed by atoms with Gasteiger partial charge in [-0.25, -0.2) is 0 Å². The van der Waals surface area contributed by atoms with Crippen molar-refractivity contribution in [1.82, 2.24) is 0 Å². The highest BCUT2D eigenvalue weighted by Crippen LogP contribution is 2.47. The molecule has 0 saturated heterocycles. The Balaban J connectivity index is 0.00000442. The van der Waals surface area contributed by atoms with Crippen LogP contribution in [0.4, 0.5) is 22.7 Å². The summed E-state index contributed by atoms with van der Waals surface area (Å²) in [6.45, 7) is 12.7. The molecule has 0 saturated carbocycles. The summed E-state index contributed by atoms with van der Waals surface area (Å²) in [5, 5.41) is 10.7. The quantitative estimate of drug-likeness (QED) is 0.0436. The number of aryl methyl sites for hydroxylation is 2. The second kappa shape index (κ2) is 24.2. The second-order valence-electron chi connectivity index (χ2n) is 16.3. The molecule has 4 aromatic rings. The number of phenolic OH excluding ortho intramolecular Hbond substituents is 1. The molecule has 13 nitrogen and oxygen atoms in total. The van der Waals surface area contributed by atoms with Gasteiger partial charge in [0.05, 0.1) is 51.5 Å². The van der Waals surface area contributed by atoms with Crippen LogP contribution < -0.4 is 24.3 Å². The Morgan fingerprint density at radius 3 is 1.75 bits per heavy atom. The van der Waals surface area contributed by atoms with Crippen molar-refractivity contribution < 1.29 is 43.2 Å². The summed E-state index contributed by atoms with van der Waals surface area (Å²) in [7, 11) is 10.9. The molecule has 64 heavy (non-hydrogen) atoms. The Kier molecular flexibility index (Phi) is 19.2. The molecule has 1 aliphatic carbocycles. The van der Waals surface area contributed by atoms with E-state index >= 15 is 0 Å². The number of methoxy groups -OCH3 is 2. The van der Waals surface area contributed by atoms with Crippen LogP contribution in [0.25, 0.3) is 0 Å². The maximum atomic E-state index is 13.2. The van der Waals surface area contributed by atoms with Crippen molar-refractivity contribution in [2.45, 2.75) is 72.8 Å². The molecule has 5 rings (SSSR count). The normalized spacial score (nSPS) is 11.7. The predicted octanol–water partition coefficient (Wildman–Crippen LogP) is 7.90. The molecule has 0 radical (unpaired) electrons. The number of rotatable bonds is 21. The van der Waals surface area contributed by atoms with Crippen LogP contribution in [0.5, 0.6) is 11.5 Å². The molecule has 1 N–H and O–H groups in total. The van der Waals surface area contributed by atoms with Gasteiger partial charge in [-0.2, -0.15) is 0 Å². The minimum Gasteiger partial charge on any atom is -0.506 e. The number of ether oxygens (including phenoxy) is 5. The van der Waals surface area contributed by atoms with Crippen LogP contribution >= 0.6 is 0 Å². The van der Waals surface area contributed by atoms with Gasteiger partial charge in [-0.05, 0) is 128 Å². The highest BCUT2D eigenvalue weighted by molar-refractivity contribution is 5.79. The van der Waals surface area contributed by atoms with Crippen LogP contribution in [-0.2, 0) is 46.2 Å². The fourth-order valence-corrected chi connectivity index (χ4v) is 7.87. The second-order valence-corrected chi connectivity index (χ2v) is 16.3. The number of anilines is 4. The fraction of sp³-hybridized carbons (Fsp3) is 0.471. The minimum absolute atomic E-state index is 0.0511. The summed E-state index contributed by atoms with van der Waals surface area (Å²) in [6, 6.07) is 22.7. The molecule has 4 aromatic carbocycles. The van der Waals surface area contributed by atoms with Crippen molar-refractivity contribution in [2.24, 2.45) is 0 Å². The summed E-state index contributed by atoms with van der Waals surface area (Å²) in [5.41, 5.74) is 11.0. The molecular weight excluding hydrogens is 813 g/mol. The van der Waals surface area contributed by atoms with E-state index in [4.69, 9.17) is 23.7 Å². The summed E-state index contributed by atoms with van der Waals surface area (Å²) in [6.07, 6.45) is 1.06. The SMILES string of the molecule is CC.CCOc1cc(C2c3ccc(N(C)C)cc3Cc3cc(N(C)C)ccc32)c(CCC(=O)OC(C)C)cc1N(CCOCCN(CC(=O)OC)c1ccc(C)cc1O)CC(=O)OC. The number of hydrogen-bond acceptors (Lipinski definition) is 13. The lowest BCUT2D eigenvalue weighted by atomic mass is 9.73. The Hall–Kier alpha value is -5.95. The first-order chi connectivity index (χ1) is 30.6. The first kappa shape index (κ1) is 50.7. The number of nitrogens with zero attached hydrogens (tertiary/aromatic N) is 4. The van der Waals surface area contributed by atoms with E-state index in [1.165, 1.54) is 36.5 Å². The maximum absolute atomic E-state index is 13.2. The Morgan fingerprint density at radius 2 is 1.27 bits per heavy atom. The average molecular weight is 883 g/mol. The van der Waals surface area contributed by atoms with Gasteiger partial charge in [0.2, 0.25) is 0 Å². The lowest BCUT2D eigenvalue weighted by Gasteiger charge is -2.34. The third kappa shape index (κ3) is 13.3. The van der Waals surface area contributed by atoms with E-state index in [0.29, 0.717) is 30.2 Å². The Morgan fingerprint density at radius 1 is 0.719 bits per heavy atom. The molecule has 348 valence electrons. The molecule has 0 fully saturated rings. The summed E-state index contributed by atoms with van der Waals surface area (Å²) >= 11 is 0. The average Bonchev–Trinajstić information content (AvgIpc) is 3.26. The molecule has 0 atom stereocenters.